The maximum Gasteiger partial charge on any atom is 0.255 e. The molecule has 2 rings (SSSR count). The number of ether oxygens (including phenoxy) is 2. The molecule has 0 atom stereocenters. The molecule has 1 amide bonds. The minimum Gasteiger partial charge on any atom is -0.497 e. The van der Waals surface area contributed by atoms with E-state index in [1.165, 1.54) is 51.6 Å². The fourth-order valence-corrected chi connectivity index (χ4v) is 3.78. The number of carbonyl (C=O) groups excluding carboxylic acids is 1. The molecule has 11 heteroatoms. The Morgan fingerprint density at radius 2 is 2.00 bits per heavy atom. The Morgan fingerprint density at radius 1 is 1.28 bits per heavy atom. The smallest absolute Gasteiger partial charge is 0.255 e. The fourth-order valence-electron chi connectivity index (χ4n) is 2.28. The molecular weight excluding hydrogens is 425 g/mol. The minimum absolute atomic E-state index is 0.00319. The van der Waals surface area contributed by atoms with E-state index in [4.69, 9.17) is 21.1 Å². The summed E-state index contributed by atoms with van der Waals surface area (Å²) in [6.45, 7) is -0.537. The molecule has 0 saturated heterocycles. The van der Waals surface area contributed by atoms with E-state index >= 15 is 0 Å². The second kappa shape index (κ2) is 9.68. The van der Waals surface area contributed by atoms with E-state index in [1.54, 1.807) is 6.07 Å². The number of sulfonamides is 1. The molecule has 156 valence electrons. The molecule has 0 aliphatic rings. The Balaban J connectivity index is 2.12. The van der Waals surface area contributed by atoms with Gasteiger partial charge in [-0.25, -0.2) is 18.2 Å². The average molecular weight is 444 g/mol. The minimum atomic E-state index is -4.07. The molecule has 0 fully saturated rings. The lowest BCUT2D eigenvalue weighted by molar-refractivity contribution is -0.121. The van der Waals surface area contributed by atoms with Crippen molar-refractivity contribution >= 4 is 33.7 Å². The molecule has 0 unspecified atom stereocenters. The van der Waals surface area contributed by atoms with Gasteiger partial charge in [0.1, 0.15) is 22.2 Å². The summed E-state index contributed by atoms with van der Waals surface area (Å²) in [5.74, 6) is -0.930. The van der Waals surface area contributed by atoms with Gasteiger partial charge in [-0.15, -0.1) is 0 Å². The summed E-state index contributed by atoms with van der Waals surface area (Å²) in [6.07, 6.45) is 1.04. The van der Waals surface area contributed by atoms with Gasteiger partial charge in [0.15, 0.2) is 0 Å². The van der Waals surface area contributed by atoms with Crippen molar-refractivity contribution in [2.45, 2.75) is 4.90 Å². The number of benzene rings is 2. The molecule has 2 aromatic rings. The Morgan fingerprint density at radius 3 is 2.62 bits per heavy atom. The molecule has 0 aliphatic carbocycles. The predicted molar refractivity (Wildman–Crippen MR) is 107 cm³/mol. The van der Waals surface area contributed by atoms with Gasteiger partial charge in [-0.1, -0.05) is 17.7 Å². The van der Waals surface area contributed by atoms with Crippen molar-refractivity contribution in [3.8, 4) is 11.5 Å². The molecular formula is C18H19ClFN3O5S. The quantitative estimate of drug-likeness (QED) is 0.498. The van der Waals surface area contributed by atoms with Crippen LogP contribution in [0.4, 0.5) is 4.39 Å². The number of methoxy groups -OCH3 is 2. The lowest BCUT2D eigenvalue weighted by Gasteiger charge is -2.18. The number of halogens is 2. The van der Waals surface area contributed by atoms with Crippen molar-refractivity contribution in [1.29, 1.82) is 0 Å². The van der Waals surface area contributed by atoms with Crippen LogP contribution in [0.15, 0.2) is 46.4 Å². The summed E-state index contributed by atoms with van der Waals surface area (Å²) in [5, 5.41) is 3.74. The number of nitrogens with zero attached hydrogens (tertiary/aromatic N) is 2. The summed E-state index contributed by atoms with van der Waals surface area (Å²) in [5.41, 5.74) is 2.13. The fraction of sp³-hybridized carbons (Fsp3) is 0.222. The molecule has 0 bridgehead atoms. The highest BCUT2D eigenvalue weighted by Crippen LogP contribution is 2.30. The Kier molecular flexibility index (Phi) is 7.54. The van der Waals surface area contributed by atoms with Gasteiger partial charge in [0.2, 0.25) is 10.0 Å². The number of hydrazone groups is 1. The summed E-state index contributed by atoms with van der Waals surface area (Å²) in [7, 11) is -0.111. The number of carbonyl (C=O) groups is 1. The third kappa shape index (κ3) is 5.43. The average Bonchev–Trinajstić information content (AvgIpc) is 2.69. The second-order valence-electron chi connectivity index (χ2n) is 5.71. The molecule has 0 aliphatic heterocycles. The van der Waals surface area contributed by atoms with Gasteiger partial charge >= 0.3 is 0 Å². The highest BCUT2D eigenvalue weighted by molar-refractivity contribution is 7.89. The molecule has 0 spiro atoms. The van der Waals surface area contributed by atoms with Crippen LogP contribution in [0.25, 0.3) is 0 Å². The van der Waals surface area contributed by atoms with Crippen LogP contribution in [0.5, 0.6) is 11.5 Å². The number of rotatable bonds is 8. The van der Waals surface area contributed by atoms with Crippen molar-refractivity contribution in [3.63, 3.8) is 0 Å². The lowest BCUT2D eigenvalue weighted by Crippen LogP contribution is -2.36. The molecule has 0 saturated carbocycles. The van der Waals surface area contributed by atoms with Gasteiger partial charge in [0.05, 0.1) is 32.0 Å². The third-order valence-electron chi connectivity index (χ3n) is 3.81. The number of hydrogen-bond donors (Lipinski definition) is 1. The predicted octanol–water partition coefficient (Wildman–Crippen LogP) is 2.27. The first-order valence-electron chi connectivity index (χ1n) is 8.15. The van der Waals surface area contributed by atoms with E-state index < -0.39 is 28.3 Å². The first-order chi connectivity index (χ1) is 13.7. The molecule has 0 aromatic heterocycles. The molecule has 8 nitrogen and oxygen atoms in total. The standard InChI is InChI=1S/C18H19ClFN3O5S/c1-23(29(25,26)17-9-12(27-2)7-8-16(17)28-3)11-18(24)22-21-10-13-14(19)5-4-6-15(13)20/h4-10H,11H2,1-3H3,(H,22,24). The highest BCUT2D eigenvalue weighted by Gasteiger charge is 2.27. The van der Waals surface area contributed by atoms with E-state index in [0.29, 0.717) is 5.75 Å². The lowest BCUT2D eigenvalue weighted by atomic mass is 10.2. The first kappa shape index (κ1) is 22.6. The van der Waals surface area contributed by atoms with Gasteiger partial charge < -0.3 is 9.47 Å². The Labute approximate surface area is 172 Å². The van der Waals surface area contributed by atoms with Crippen LogP contribution in [0.2, 0.25) is 5.02 Å². The van der Waals surface area contributed by atoms with Crippen molar-refractivity contribution in [2.24, 2.45) is 5.10 Å². The highest BCUT2D eigenvalue weighted by atomic mass is 35.5. The van der Waals surface area contributed by atoms with Crippen molar-refractivity contribution < 1.29 is 27.1 Å². The Bertz CT molecular complexity index is 1010. The van der Waals surface area contributed by atoms with Crippen molar-refractivity contribution in [2.75, 3.05) is 27.8 Å². The van der Waals surface area contributed by atoms with Gasteiger partial charge in [0, 0.05) is 18.7 Å². The van der Waals surface area contributed by atoms with Gasteiger partial charge in [-0.05, 0) is 24.3 Å². The van der Waals surface area contributed by atoms with Gasteiger partial charge in [-0.2, -0.15) is 9.41 Å². The normalized spacial score (nSPS) is 11.7. The molecule has 1 N–H and O–H groups in total. The first-order valence-corrected chi connectivity index (χ1v) is 9.96. The maximum atomic E-state index is 13.7. The zero-order valence-corrected chi connectivity index (χ0v) is 17.4. The van der Waals surface area contributed by atoms with Crippen LogP contribution < -0.4 is 14.9 Å². The van der Waals surface area contributed by atoms with E-state index in [2.05, 4.69) is 10.5 Å². The van der Waals surface area contributed by atoms with Gasteiger partial charge in [0.25, 0.3) is 5.91 Å². The monoisotopic (exact) mass is 443 g/mol. The van der Waals surface area contributed by atoms with Crippen molar-refractivity contribution in [3.05, 3.63) is 52.8 Å². The third-order valence-corrected chi connectivity index (χ3v) is 5.96. The number of hydrogen-bond acceptors (Lipinski definition) is 6. The summed E-state index contributed by atoms with van der Waals surface area (Å²) in [4.78, 5) is 11.9. The summed E-state index contributed by atoms with van der Waals surface area (Å²) < 4.78 is 50.2. The van der Waals surface area contributed by atoms with Crippen LogP contribution in [-0.4, -0.2) is 52.7 Å². The zero-order valence-electron chi connectivity index (χ0n) is 15.8. The summed E-state index contributed by atoms with van der Waals surface area (Å²) in [6, 6.07) is 8.38. The van der Waals surface area contributed by atoms with E-state index in [9.17, 15) is 17.6 Å². The number of nitrogens with one attached hydrogen (secondary N) is 1. The van der Waals surface area contributed by atoms with E-state index in [0.717, 1.165) is 10.5 Å². The number of amides is 1. The number of likely N-dealkylation sites (N-methyl/N-ethyl adjacent to an activating group) is 1. The Hall–Kier alpha value is -2.69. The van der Waals surface area contributed by atoms with Crippen LogP contribution >= 0.6 is 11.6 Å². The van der Waals surface area contributed by atoms with Gasteiger partial charge in [-0.3, -0.25) is 4.79 Å². The van der Waals surface area contributed by atoms with Crippen LogP contribution in [0.1, 0.15) is 5.56 Å². The van der Waals surface area contributed by atoms with E-state index in [1.807, 2.05) is 0 Å². The largest absolute Gasteiger partial charge is 0.497 e. The van der Waals surface area contributed by atoms with E-state index in [-0.39, 0.29) is 21.2 Å². The molecule has 29 heavy (non-hydrogen) atoms. The molecule has 2 aromatic carbocycles. The molecule has 0 heterocycles. The van der Waals surface area contributed by atoms with Crippen LogP contribution in [0.3, 0.4) is 0 Å². The van der Waals surface area contributed by atoms with Crippen LogP contribution in [-0.2, 0) is 14.8 Å². The second-order valence-corrected chi connectivity index (χ2v) is 8.13. The SMILES string of the molecule is COc1ccc(OC)c(S(=O)(=O)N(C)CC(=O)NN=Cc2c(F)cccc2Cl)c1. The molecule has 0 radical (unpaired) electrons. The summed E-state index contributed by atoms with van der Waals surface area (Å²) >= 11 is 5.86. The van der Waals surface area contributed by atoms with Crippen LogP contribution in [0, 0.1) is 5.82 Å². The maximum absolute atomic E-state index is 13.7. The zero-order chi connectivity index (χ0) is 21.6. The topological polar surface area (TPSA) is 97.3 Å². The van der Waals surface area contributed by atoms with Crippen molar-refractivity contribution in [1.82, 2.24) is 9.73 Å².